The van der Waals surface area contributed by atoms with Gasteiger partial charge in [0.1, 0.15) is 0 Å². The van der Waals surface area contributed by atoms with E-state index in [1.54, 1.807) is 0 Å². The van der Waals surface area contributed by atoms with Crippen molar-refractivity contribution in [1.29, 1.82) is 0 Å². The number of rotatable bonds is 13. The molecule has 0 unspecified atom stereocenters. The van der Waals surface area contributed by atoms with Crippen LogP contribution in [0.1, 0.15) is 85.5 Å². The maximum absolute atomic E-state index is 4.39. The number of hydrogen-bond donors (Lipinski definition) is 0. The topological polar surface area (TPSA) is 0 Å². The third-order valence-electron chi connectivity index (χ3n) is 4.42. The summed E-state index contributed by atoms with van der Waals surface area (Å²) in [5.41, 5.74) is 0. The van der Waals surface area contributed by atoms with Crippen molar-refractivity contribution in [3.05, 3.63) is 0 Å². The zero-order valence-electron chi connectivity index (χ0n) is 14.0. The van der Waals surface area contributed by atoms with Gasteiger partial charge in [0.15, 0.2) is 0 Å². The summed E-state index contributed by atoms with van der Waals surface area (Å²) in [6.07, 6.45) is 18.6. The fraction of sp³-hybridized carbons (Fsp3) is 1.00. The Labute approximate surface area is 131 Å². The van der Waals surface area contributed by atoms with E-state index in [0.29, 0.717) is 0 Å². The van der Waals surface area contributed by atoms with E-state index in [1.165, 1.54) is 82.4 Å². The molecule has 0 heterocycles. The van der Waals surface area contributed by atoms with Crippen molar-refractivity contribution in [3.8, 4) is 0 Å². The van der Waals surface area contributed by atoms with Crippen LogP contribution >= 0.6 is 20.8 Å². The molecule has 2 heteroatoms. The quantitative estimate of drug-likeness (QED) is 0.238. The van der Waals surface area contributed by atoms with Crippen molar-refractivity contribution in [2.24, 2.45) is 0 Å². The van der Waals surface area contributed by atoms with E-state index >= 15 is 0 Å². The van der Waals surface area contributed by atoms with Gasteiger partial charge in [-0.15, -0.1) is 0 Å². The van der Waals surface area contributed by atoms with Crippen LogP contribution in [-0.2, 0) is 0 Å². The number of unbranched alkanes of at least 4 members (excludes halogenated alkanes) is 5. The molecule has 0 bridgehead atoms. The zero-order valence-corrected chi connectivity index (χ0v) is 16.5. The van der Waals surface area contributed by atoms with Crippen LogP contribution in [-0.4, -0.2) is 24.6 Å². The Morgan fingerprint density at radius 3 is 1.37 bits per heavy atom. The molecule has 0 radical (unpaired) electrons. The van der Waals surface area contributed by atoms with E-state index in [9.17, 15) is 0 Å². The molecule has 0 nitrogen and oxygen atoms in total. The molecule has 0 aromatic carbocycles. The van der Waals surface area contributed by atoms with E-state index in [1.807, 2.05) is 0 Å². The van der Waals surface area contributed by atoms with Crippen LogP contribution in [0, 0.1) is 0 Å². The molecule has 0 amide bonds. The summed E-state index contributed by atoms with van der Waals surface area (Å²) >= 11 is 4.39. The van der Waals surface area contributed by atoms with E-state index in [0.717, 1.165) is 0 Å². The second kappa shape index (κ2) is 10.6. The van der Waals surface area contributed by atoms with Gasteiger partial charge in [-0.1, -0.05) is 0 Å². The van der Waals surface area contributed by atoms with Crippen molar-refractivity contribution >= 4 is 20.8 Å². The third-order valence-corrected chi connectivity index (χ3v) is 14.8. The van der Waals surface area contributed by atoms with Crippen molar-refractivity contribution < 1.29 is 0 Å². The van der Waals surface area contributed by atoms with Crippen LogP contribution < -0.4 is 0 Å². The summed E-state index contributed by atoms with van der Waals surface area (Å²) in [5, 5.41) is -1.53. The number of halogens is 1. The summed E-state index contributed by atoms with van der Waals surface area (Å²) < 4.78 is 0. The maximum atomic E-state index is 4.39. The average Bonchev–Trinajstić information content (AvgIpc) is 2.35. The molecule has 19 heavy (non-hydrogen) atoms. The molecule has 118 valence electrons. The van der Waals surface area contributed by atoms with Crippen molar-refractivity contribution in [3.63, 3.8) is 0 Å². The third kappa shape index (κ3) is 8.05. The monoisotopic (exact) mass is 352 g/mol. The predicted octanol–water partition coefficient (Wildman–Crippen LogP) is 7.44. The van der Waals surface area contributed by atoms with Gasteiger partial charge in [-0.3, -0.25) is 0 Å². The Balaban J connectivity index is 4.32. The van der Waals surface area contributed by atoms with Crippen LogP contribution in [0.3, 0.4) is 0 Å². The fourth-order valence-corrected chi connectivity index (χ4v) is 13.3. The first kappa shape index (κ1) is 19.9. The normalized spacial score (nSPS) is 14.3. The molecular formula is C17H38BrP. The first-order valence-electron chi connectivity index (χ1n) is 8.76. The predicted molar refractivity (Wildman–Crippen MR) is 99.6 cm³/mol. The van der Waals surface area contributed by atoms with Crippen LogP contribution in [0.4, 0.5) is 0 Å². The van der Waals surface area contributed by atoms with Crippen molar-refractivity contribution in [2.45, 2.75) is 85.5 Å². The Bertz CT molecular complexity index is 196. The average molecular weight is 353 g/mol. The van der Waals surface area contributed by atoms with E-state index in [-0.39, 0.29) is 0 Å². The number of hydrogen-bond acceptors (Lipinski definition) is 0. The fourth-order valence-electron chi connectivity index (χ4n) is 3.63. The summed E-state index contributed by atoms with van der Waals surface area (Å²) in [6.45, 7) is 9.41. The van der Waals surface area contributed by atoms with Gasteiger partial charge in [0.05, 0.1) is 0 Å². The molecule has 0 aliphatic rings. The molecule has 0 fully saturated rings. The van der Waals surface area contributed by atoms with E-state index < -0.39 is 5.31 Å². The van der Waals surface area contributed by atoms with E-state index in [4.69, 9.17) is 0 Å². The van der Waals surface area contributed by atoms with Gasteiger partial charge in [0, 0.05) is 0 Å². The van der Waals surface area contributed by atoms with Gasteiger partial charge in [-0.25, -0.2) is 0 Å². The van der Waals surface area contributed by atoms with Crippen LogP contribution in [0.15, 0.2) is 0 Å². The summed E-state index contributed by atoms with van der Waals surface area (Å²) in [5.74, 6) is 0. The van der Waals surface area contributed by atoms with Gasteiger partial charge >= 0.3 is 131 Å². The Hall–Kier alpha value is 0.910. The van der Waals surface area contributed by atoms with Crippen LogP contribution in [0.5, 0.6) is 0 Å². The molecule has 0 aliphatic carbocycles. The van der Waals surface area contributed by atoms with Crippen molar-refractivity contribution in [1.82, 2.24) is 0 Å². The second-order valence-corrected chi connectivity index (χ2v) is 17.9. The molecule has 0 saturated carbocycles. The molecule has 0 rings (SSSR count). The van der Waals surface area contributed by atoms with Crippen molar-refractivity contribution in [2.75, 3.05) is 24.6 Å². The molecule has 0 atom stereocenters. The van der Waals surface area contributed by atoms with Gasteiger partial charge in [0.2, 0.25) is 0 Å². The van der Waals surface area contributed by atoms with Crippen LogP contribution in [0.2, 0.25) is 0 Å². The summed E-state index contributed by atoms with van der Waals surface area (Å²) in [4.78, 5) is 0. The van der Waals surface area contributed by atoms with Crippen LogP contribution in [0.25, 0.3) is 0 Å². The first-order valence-corrected chi connectivity index (χ1v) is 13.8. The Kier molecular flexibility index (Phi) is 11.1. The minimum atomic E-state index is -1.53. The van der Waals surface area contributed by atoms with E-state index in [2.05, 4.69) is 43.2 Å². The Morgan fingerprint density at radius 1 is 0.526 bits per heavy atom. The molecule has 0 spiro atoms. The van der Waals surface area contributed by atoms with Gasteiger partial charge in [-0.2, -0.15) is 0 Å². The summed E-state index contributed by atoms with van der Waals surface area (Å²) in [6, 6.07) is 0. The molecule has 0 aliphatic heterocycles. The zero-order chi connectivity index (χ0) is 14.6. The SMILES string of the molecule is CCCCCCCCP(Br)(CCC)(CCC)CCC. The van der Waals surface area contributed by atoms with Gasteiger partial charge < -0.3 is 0 Å². The van der Waals surface area contributed by atoms with Gasteiger partial charge in [0.25, 0.3) is 0 Å². The summed E-state index contributed by atoms with van der Waals surface area (Å²) in [7, 11) is 0. The molecule has 0 saturated heterocycles. The first-order chi connectivity index (χ1) is 9.04. The molecule has 0 aromatic heterocycles. The molecular weight excluding hydrogens is 315 g/mol. The second-order valence-electron chi connectivity index (χ2n) is 6.48. The minimum absolute atomic E-state index is 1.36. The molecule has 0 N–H and O–H groups in total. The molecule has 0 aromatic rings. The Morgan fingerprint density at radius 2 is 0.947 bits per heavy atom. The van der Waals surface area contributed by atoms with Gasteiger partial charge in [-0.05, 0) is 0 Å². The standard InChI is InChI=1S/C17H38BrP/c1-5-9-10-11-12-13-17-19(18,14-6-2,15-7-3)16-8-4/h5-17H2,1-4H3.